The molecule has 0 amide bonds. The molecule has 2 aromatic carbocycles. The minimum atomic E-state index is -0.959. The molecule has 1 aliphatic rings. The third-order valence-corrected chi connectivity index (χ3v) is 6.03. The summed E-state index contributed by atoms with van der Waals surface area (Å²) < 4.78 is 6.32. The van der Waals surface area contributed by atoms with Gasteiger partial charge >= 0.3 is 5.97 Å². The Bertz CT molecular complexity index is 1320. The summed E-state index contributed by atoms with van der Waals surface area (Å²) in [6, 6.07) is 24.0. The molecule has 0 spiro atoms. The van der Waals surface area contributed by atoms with Crippen LogP contribution in [0.15, 0.2) is 89.5 Å². The minimum Gasteiger partial charge on any atom is -0.478 e. The second kappa shape index (κ2) is 8.52. The summed E-state index contributed by atoms with van der Waals surface area (Å²) in [5.41, 5.74) is 4.01. The quantitative estimate of drug-likeness (QED) is 0.383. The maximum Gasteiger partial charge on any atom is 0.335 e. The lowest BCUT2D eigenvalue weighted by molar-refractivity contribution is 0.0697. The Morgan fingerprint density at radius 3 is 2.58 bits per heavy atom. The Hall–Kier alpha value is -3.97. The molecule has 164 valence electrons. The number of aromatic carboxylic acids is 1. The zero-order valence-corrected chi connectivity index (χ0v) is 18.6. The van der Waals surface area contributed by atoms with Gasteiger partial charge in [-0.1, -0.05) is 30.3 Å². The van der Waals surface area contributed by atoms with E-state index < -0.39 is 5.97 Å². The zero-order chi connectivity index (χ0) is 22.9. The highest BCUT2D eigenvalue weighted by atomic mass is 32.1. The van der Waals surface area contributed by atoms with Crippen LogP contribution in [0.5, 0.6) is 0 Å². The molecule has 6 nitrogen and oxygen atoms in total. The third kappa shape index (κ3) is 3.99. The van der Waals surface area contributed by atoms with Gasteiger partial charge in [0.15, 0.2) is 5.11 Å². The van der Waals surface area contributed by atoms with E-state index >= 15 is 0 Å². The number of rotatable bonds is 5. The van der Waals surface area contributed by atoms with E-state index in [9.17, 15) is 4.79 Å². The highest BCUT2D eigenvalue weighted by Gasteiger charge is 2.42. The van der Waals surface area contributed by atoms with Crippen molar-refractivity contribution in [3.63, 3.8) is 0 Å². The molecule has 0 aliphatic carbocycles. The van der Waals surface area contributed by atoms with Gasteiger partial charge in [0, 0.05) is 17.4 Å². The number of carbonyl (C=O) groups is 1. The summed E-state index contributed by atoms with van der Waals surface area (Å²) in [6.07, 6.45) is 1.77. The van der Waals surface area contributed by atoms with Crippen LogP contribution in [0.1, 0.15) is 39.5 Å². The Morgan fingerprint density at radius 1 is 1.06 bits per heavy atom. The van der Waals surface area contributed by atoms with Gasteiger partial charge in [0.1, 0.15) is 17.6 Å². The van der Waals surface area contributed by atoms with Crippen LogP contribution >= 0.6 is 12.2 Å². The van der Waals surface area contributed by atoms with Gasteiger partial charge in [-0.15, -0.1) is 0 Å². The van der Waals surface area contributed by atoms with Crippen LogP contribution in [-0.2, 0) is 0 Å². The van der Waals surface area contributed by atoms with Crippen molar-refractivity contribution < 1.29 is 14.3 Å². The average Bonchev–Trinajstić information content (AvgIpc) is 3.44. The van der Waals surface area contributed by atoms with Crippen LogP contribution in [0.4, 0.5) is 5.69 Å². The first-order chi connectivity index (χ1) is 16.0. The Morgan fingerprint density at radius 2 is 1.88 bits per heavy atom. The summed E-state index contributed by atoms with van der Waals surface area (Å²) in [5.74, 6) is 0.430. The summed E-state index contributed by atoms with van der Waals surface area (Å²) in [5, 5.41) is 13.2. The number of carboxylic acid groups (broad SMARTS) is 1. The predicted molar refractivity (Wildman–Crippen MR) is 130 cm³/mol. The molecule has 2 atom stereocenters. The lowest BCUT2D eigenvalue weighted by Gasteiger charge is -2.26. The first kappa shape index (κ1) is 20.9. The van der Waals surface area contributed by atoms with Gasteiger partial charge in [0.05, 0.1) is 17.3 Å². The molecular formula is C26H21N3O3S. The maximum absolute atomic E-state index is 11.2. The Kier molecular flexibility index (Phi) is 5.40. The molecule has 4 aromatic rings. The molecule has 7 heteroatoms. The van der Waals surface area contributed by atoms with Crippen LogP contribution < -0.4 is 10.2 Å². The van der Waals surface area contributed by atoms with Crippen molar-refractivity contribution in [3.05, 3.63) is 108 Å². The topological polar surface area (TPSA) is 78.6 Å². The number of furan rings is 1. The van der Waals surface area contributed by atoms with Crippen LogP contribution in [0.25, 0.3) is 11.3 Å². The van der Waals surface area contributed by atoms with Gasteiger partial charge in [0.2, 0.25) is 0 Å². The Balaban J connectivity index is 1.57. The normalized spacial score (nSPS) is 17.7. The molecule has 33 heavy (non-hydrogen) atoms. The van der Waals surface area contributed by atoms with Gasteiger partial charge in [-0.3, -0.25) is 4.98 Å². The number of thiocarbonyl (C=S) groups is 1. The number of aromatic nitrogens is 1. The van der Waals surface area contributed by atoms with Crippen LogP contribution in [0.2, 0.25) is 0 Å². The van der Waals surface area contributed by atoms with E-state index in [4.69, 9.17) is 21.7 Å². The zero-order valence-electron chi connectivity index (χ0n) is 17.8. The summed E-state index contributed by atoms with van der Waals surface area (Å²) >= 11 is 5.75. The monoisotopic (exact) mass is 455 g/mol. The average molecular weight is 456 g/mol. The molecule has 1 saturated heterocycles. The molecule has 2 aromatic heterocycles. The van der Waals surface area contributed by atoms with Gasteiger partial charge in [-0.05, 0) is 73.2 Å². The van der Waals surface area contributed by atoms with E-state index in [2.05, 4.69) is 21.3 Å². The molecule has 3 heterocycles. The van der Waals surface area contributed by atoms with Gasteiger partial charge in [0.25, 0.3) is 0 Å². The highest BCUT2D eigenvalue weighted by molar-refractivity contribution is 7.80. The van der Waals surface area contributed by atoms with Gasteiger partial charge in [-0.2, -0.15) is 0 Å². The number of aryl methyl sites for hydroxylation is 1. The molecule has 0 radical (unpaired) electrons. The van der Waals surface area contributed by atoms with Crippen molar-refractivity contribution in [1.82, 2.24) is 10.3 Å². The van der Waals surface area contributed by atoms with Crippen LogP contribution in [0.3, 0.4) is 0 Å². The van der Waals surface area contributed by atoms with E-state index in [1.54, 1.807) is 30.5 Å². The van der Waals surface area contributed by atoms with E-state index in [1.807, 2.05) is 55.5 Å². The molecule has 0 unspecified atom stereocenters. The lowest BCUT2D eigenvalue weighted by Crippen LogP contribution is -2.29. The fourth-order valence-corrected chi connectivity index (χ4v) is 4.49. The van der Waals surface area contributed by atoms with Crippen molar-refractivity contribution in [1.29, 1.82) is 0 Å². The van der Waals surface area contributed by atoms with Crippen molar-refractivity contribution in [2.45, 2.75) is 19.0 Å². The number of anilines is 1. The van der Waals surface area contributed by atoms with E-state index in [1.165, 1.54) is 0 Å². The predicted octanol–water partition coefficient (Wildman–Crippen LogP) is 5.53. The highest BCUT2D eigenvalue weighted by Crippen LogP contribution is 2.43. The van der Waals surface area contributed by atoms with Crippen LogP contribution in [-0.4, -0.2) is 21.2 Å². The molecule has 0 bridgehead atoms. The van der Waals surface area contributed by atoms with Gasteiger partial charge < -0.3 is 19.7 Å². The van der Waals surface area contributed by atoms with E-state index in [0.29, 0.717) is 10.9 Å². The first-order valence-corrected chi connectivity index (χ1v) is 10.9. The Labute approximate surface area is 196 Å². The molecule has 1 fully saturated rings. The standard InChI is InChI=1S/C26H21N3O3S/c1-16-5-4-6-19(15-16)29-24(23(28-26(29)33)20-7-2-3-14-27-20)22-13-12-21(32-22)17-8-10-18(11-9-17)25(30)31/h2-15,23-24H,1H3,(H,28,33)(H,30,31)/t23-,24+/m1/s1. The van der Waals surface area contributed by atoms with Crippen molar-refractivity contribution in [2.24, 2.45) is 0 Å². The lowest BCUT2D eigenvalue weighted by atomic mass is 10.0. The smallest absolute Gasteiger partial charge is 0.335 e. The number of nitrogens with zero attached hydrogens (tertiary/aromatic N) is 2. The second-order valence-electron chi connectivity index (χ2n) is 7.92. The molecule has 0 saturated carbocycles. The molecule has 2 N–H and O–H groups in total. The van der Waals surface area contributed by atoms with E-state index in [-0.39, 0.29) is 17.6 Å². The number of pyridine rings is 1. The third-order valence-electron chi connectivity index (χ3n) is 5.71. The molecule has 5 rings (SSSR count). The minimum absolute atomic E-state index is 0.201. The number of nitrogens with one attached hydrogen (secondary N) is 1. The largest absolute Gasteiger partial charge is 0.478 e. The maximum atomic E-state index is 11.2. The number of hydrogen-bond donors (Lipinski definition) is 2. The second-order valence-corrected chi connectivity index (χ2v) is 8.31. The van der Waals surface area contributed by atoms with Crippen molar-refractivity contribution in [2.75, 3.05) is 4.90 Å². The summed E-state index contributed by atoms with van der Waals surface area (Å²) in [6.45, 7) is 2.05. The summed E-state index contributed by atoms with van der Waals surface area (Å²) in [7, 11) is 0. The first-order valence-electron chi connectivity index (χ1n) is 10.5. The fourth-order valence-electron chi connectivity index (χ4n) is 4.14. The molecular weight excluding hydrogens is 434 g/mol. The fraction of sp³-hybridized carbons (Fsp3) is 0.115. The molecule has 1 aliphatic heterocycles. The van der Waals surface area contributed by atoms with Gasteiger partial charge in [-0.25, -0.2) is 4.79 Å². The van der Waals surface area contributed by atoms with Crippen molar-refractivity contribution in [3.8, 4) is 11.3 Å². The SMILES string of the molecule is Cc1cccc(N2C(=S)N[C@H](c3ccccn3)[C@@H]2c2ccc(-c3ccc(C(=O)O)cc3)o2)c1. The van der Waals surface area contributed by atoms with Crippen LogP contribution in [0, 0.1) is 6.92 Å². The van der Waals surface area contributed by atoms with Crippen molar-refractivity contribution >= 4 is 29.0 Å². The number of hydrogen-bond acceptors (Lipinski definition) is 4. The number of carboxylic acids is 1. The summed E-state index contributed by atoms with van der Waals surface area (Å²) in [4.78, 5) is 17.8. The van der Waals surface area contributed by atoms with E-state index in [0.717, 1.165) is 28.3 Å². The number of benzene rings is 2.